The molecule has 0 aliphatic heterocycles. The molecule has 2 N–H and O–H groups in total. The highest BCUT2D eigenvalue weighted by molar-refractivity contribution is 7.80. The molecule has 168 valence electrons. The van der Waals surface area contributed by atoms with Gasteiger partial charge in [0.25, 0.3) is 5.91 Å². The Kier molecular flexibility index (Phi) is 7.44. The largest absolute Gasteiger partial charge is 0.465 e. The fourth-order valence-corrected chi connectivity index (χ4v) is 4.40. The van der Waals surface area contributed by atoms with Crippen LogP contribution in [0.5, 0.6) is 0 Å². The van der Waals surface area contributed by atoms with Crippen LogP contribution in [0.25, 0.3) is 0 Å². The molecule has 2 aromatic heterocycles. The van der Waals surface area contributed by atoms with Crippen molar-refractivity contribution in [2.45, 2.75) is 13.5 Å². The van der Waals surface area contributed by atoms with Crippen LogP contribution in [0.15, 0.2) is 30.6 Å². The summed E-state index contributed by atoms with van der Waals surface area (Å²) < 4.78 is 6.53. The van der Waals surface area contributed by atoms with Gasteiger partial charge < -0.3 is 15.0 Å². The molecule has 0 aliphatic rings. The van der Waals surface area contributed by atoms with Crippen LogP contribution in [-0.4, -0.2) is 57.9 Å². The molecule has 0 aliphatic carbocycles. The number of thiocarbonyl (C=S) groups is 1. The molecule has 0 bridgehead atoms. The van der Waals surface area contributed by atoms with E-state index in [0.717, 1.165) is 16.9 Å². The Bertz CT molecular complexity index is 1160. The molecule has 0 spiro atoms. The number of nitrogens with zero attached hydrogens (tertiary/aromatic N) is 4. The summed E-state index contributed by atoms with van der Waals surface area (Å²) in [6, 6.07) is 7.43. The average molecular weight is 493 g/mol. The third-order valence-electron chi connectivity index (χ3n) is 4.38. The summed E-state index contributed by atoms with van der Waals surface area (Å²) in [4.78, 5) is 30.8. The van der Waals surface area contributed by atoms with Crippen molar-refractivity contribution >= 4 is 63.1 Å². The third kappa shape index (κ3) is 5.42. The molecule has 3 aromatic rings. The number of rotatable bonds is 6. The van der Waals surface area contributed by atoms with Crippen LogP contribution < -0.4 is 10.6 Å². The Labute approximate surface area is 199 Å². The van der Waals surface area contributed by atoms with E-state index in [-0.39, 0.29) is 22.5 Å². The summed E-state index contributed by atoms with van der Waals surface area (Å²) in [5.41, 5.74) is 1.80. The van der Waals surface area contributed by atoms with Crippen LogP contribution >= 0.6 is 35.2 Å². The van der Waals surface area contributed by atoms with Gasteiger partial charge in [0, 0.05) is 19.1 Å². The van der Waals surface area contributed by atoms with Crippen LogP contribution in [0.4, 0.5) is 10.9 Å². The van der Waals surface area contributed by atoms with E-state index in [4.69, 9.17) is 28.6 Å². The second-order valence-electron chi connectivity index (χ2n) is 6.92. The lowest BCUT2D eigenvalue weighted by molar-refractivity contribution is 0.0601. The highest BCUT2D eigenvalue weighted by Gasteiger charge is 2.26. The zero-order valence-electron chi connectivity index (χ0n) is 17.8. The van der Waals surface area contributed by atoms with Crippen molar-refractivity contribution in [3.05, 3.63) is 57.2 Å². The first-order valence-electron chi connectivity index (χ1n) is 9.34. The maximum atomic E-state index is 12.5. The Morgan fingerprint density at radius 1 is 1.25 bits per heavy atom. The van der Waals surface area contributed by atoms with Gasteiger partial charge in [0.1, 0.15) is 11.3 Å². The monoisotopic (exact) mass is 492 g/mol. The van der Waals surface area contributed by atoms with E-state index < -0.39 is 5.97 Å². The number of nitrogens with one attached hydrogen (secondary N) is 2. The summed E-state index contributed by atoms with van der Waals surface area (Å²) in [5.74, 6) is -0.492. The maximum absolute atomic E-state index is 12.5. The number of halogens is 1. The number of hydrogen-bond acceptors (Lipinski definition) is 7. The number of amides is 1. The van der Waals surface area contributed by atoms with Crippen LogP contribution in [0.1, 0.15) is 31.2 Å². The van der Waals surface area contributed by atoms with Gasteiger partial charge in [0.2, 0.25) is 5.95 Å². The number of methoxy groups -OCH3 is 1. The van der Waals surface area contributed by atoms with Crippen molar-refractivity contribution in [2.24, 2.45) is 0 Å². The lowest BCUT2D eigenvalue weighted by Gasteiger charge is -2.08. The fourth-order valence-electron chi connectivity index (χ4n) is 2.80. The number of aromatic nitrogens is 3. The first-order chi connectivity index (χ1) is 15.2. The Morgan fingerprint density at radius 2 is 1.94 bits per heavy atom. The van der Waals surface area contributed by atoms with E-state index in [0.29, 0.717) is 27.0 Å². The van der Waals surface area contributed by atoms with E-state index in [1.165, 1.54) is 12.0 Å². The van der Waals surface area contributed by atoms with Crippen molar-refractivity contribution in [2.75, 3.05) is 31.8 Å². The van der Waals surface area contributed by atoms with Gasteiger partial charge in [-0.05, 0) is 42.4 Å². The van der Waals surface area contributed by atoms with Crippen molar-refractivity contribution in [1.82, 2.24) is 19.7 Å². The maximum Gasteiger partial charge on any atom is 0.341 e. The molecule has 0 fully saturated rings. The normalized spacial score (nSPS) is 10.5. The van der Waals surface area contributed by atoms with Gasteiger partial charge >= 0.3 is 5.97 Å². The van der Waals surface area contributed by atoms with Gasteiger partial charge in [-0.15, -0.1) is 16.4 Å². The SMILES string of the molecule is COC(=O)c1c(NC(=S)Nc2ncn(Cc3ccc(Cl)cc3)n2)sc(C(=O)N(C)C)c1C. The number of benzene rings is 1. The molecule has 9 nitrogen and oxygen atoms in total. The third-order valence-corrected chi connectivity index (χ3v) is 6.03. The number of esters is 1. The van der Waals surface area contributed by atoms with Gasteiger partial charge in [0.05, 0.1) is 24.1 Å². The molecule has 0 saturated carbocycles. The average Bonchev–Trinajstić information content (AvgIpc) is 3.32. The summed E-state index contributed by atoms with van der Waals surface area (Å²) in [6.07, 6.45) is 1.57. The molecule has 1 aromatic carbocycles. The van der Waals surface area contributed by atoms with Crippen molar-refractivity contribution in [1.29, 1.82) is 0 Å². The molecule has 0 saturated heterocycles. The number of carbonyl (C=O) groups is 2. The van der Waals surface area contributed by atoms with Crippen LogP contribution in [-0.2, 0) is 11.3 Å². The number of thiophene rings is 1. The Morgan fingerprint density at radius 3 is 2.56 bits per heavy atom. The van der Waals surface area contributed by atoms with E-state index >= 15 is 0 Å². The second kappa shape index (κ2) is 10.1. The van der Waals surface area contributed by atoms with E-state index in [1.54, 1.807) is 32.0 Å². The smallest absolute Gasteiger partial charge is 0.341 e. The molecule has 0 atom stereocenters. The van der Waals surface area contributed by atoms with Gasteiger partial charge in [0.15, 0.2) is 5.11 Å². The molecular weight excluding hydrogens is 472 g/mol. The fraction of sp³-hybridized carbons (Fsp3) is 0.250. The first-order valence-corrected chi connectivity index (χ1v) is 10.9. The van der Waals surface area contributed by atoms with E-state index in [9.17, 15) is 9.59 Å². The molecule has 1 amide bonds. The Balaban J connectivity index is 1.74. The minimum absolute atomic E-state index is 0.171. The number of ether oxygens (including phenoxy) is 1. The highest BCUT2D eigenvalue weighted by Crippen LogP contribution is 2.34. The van der Waals surface area contributed by atoms with E-state index in [1.807, 2.05) is 24.3 Å². The Hall–Kier alpha value is -3.02. The lowest BCUT2D eigenvalue weighted by Crippen LogP contribution is -2.21. The molecule has 32 heavy (non-hydrogen) atoms. The molecule has 0 radical (unpaired) electrons. The van der Waals surface area contributed by atoms with Gasteiger partial charge in [-0.2, -0.15) is 0 Å². The molecule has 12 heteroatoms. The summed E-state index contributed by atoms with van der Waals surface area (Å²) in [7, 11) is 4.57. The zero-order valence-corrected chi connectivity index (χ0v) is 20.2. The molecular formula is C20H21ClN6O3S2. The first kappa shape index (κ1) is 23.6. The number of anilines is 2. The zero-order chi connectivity index (χ0) is 23.4. The summed E-state index contributed by atoms with van der Waals surface area (Å²) in [5, 5.41) is 11.4. The quantitative estimate of drug-likeness (QED) is 0.397. The van der Waals surface area contributed by atoms with Crippen molar-refractivity contribution in [3.63, 3.8) is 0 Å². The van der Waals surface area contributed by atoms with Crippen molar-refractivity contribution in [3.8, 4) is 0 Å². The summed E-state index contributed by atoms with van der Waals surface area (Å²) in [6.45, 7) is 2.21. The van der Waals surface area contributed by atoms with Crippen LogP contribution in [0, 0.1) is 6.92 Å². The van der Waals surface area contributed by atoms with Gasteiger partial charge in [-0.1, -0.05) is 23.7 Å². The van der Waals surface area contributed by atoms with Crippen LogP contribution in [0.3, 0.4) is 0 Å². The van der Waals surface area contributed by atoms with Crippen LogP contribution in [0.2, 0.25) is 5.02 Å². The molecule has 0 unspecified atom stereocenters. The topological polar surface area (TPSA) is 101 Å². The minimum Gasteiger partial charge on any atom is -0.465 e. The predicted molar refractivity (Wildman–Crippen MR) is 129 cm³/mol. The number of carbonyl (C=O) groups excluding carboxylic acids is 2. The van der Waals surface area contributed by atoms with E-state index in [2.05, 4.69) is 20.7 Å². The van der Waals surface area contributed by atoms with Crippen molar-refractivity contribution < 1.29 is 14.3 Å². The standard InChI is InChI=1S/C20H21ClN6O3S2/c1-11-14(18(29)30-4)16(32-15(11)17(28)26(2)3)23-20(31)24-19-22-10-27(25-19)9-12-5-7-13(21)8-6-12/h5-8,10H,9H2,1-4H3,(H2,23,24,25,31). The molecule has 2 heterocycles. The highest BCUT2D eigenvalue weighted by atomic mass is 35.5. The minimum atomic E-state index is -0.563. The van der Waals surface area contributed by atoms with Gasteiger partial charge in [-0.25, -0.2) is 14.5 Å². The van der Waals surface area contributed by atoms with Gasteiger partial charge in [-0.3, -0.25) is 10.1 Å². The number of hydrogen-bond donors (Lipinski definition) is 2. The molecule has 3 rings (SSSR count). The second-order valence-corrected chi connectivity index (χ2v) is 8.79. The summed E-state index contributed by atoms with van der Waals surface area (Å²) >= 11 is 12.4. The predicted octanol–water partition coefficient (Wildman–Crippen LogP) is 3.65. The lowest BCUT2D eigenvalue weighted by atomic mass is 10.1.